The molecule has 9 nitrogen and oxygen atoms in total. The topological polar surface area (TPSA) is 126 Å². The lowest BCUT2D eigenvalue weighted by molar-refractivity contribution is -0.394. The summed E-state index contributed by atoms with van der Waals surface area (Å²) in [7, 11) is 0. The van der Waals surface area contributed by atoms with Crippen molar-refractivity contribution < 1.29 is 19.0 Å². The van der Waals surface area contributed by atoms with Crippen molar-refractivity contribution in [2.75, 3.05) is 0 Å². The third-order valence-electron chi connectivity index (χ3n) is 5.35. The maximum atomic E-state index is 11.5. The molecular weight excluding hydrogens is 440 g/mol. The second-order valence-corrected chi connectivity index (χ2v) is 7.50. The van der Waals surface area contributed by atoms with Gasteiger partial charge in [-0.2, -0.15) is 0 Å². The smallest absolute Gasteiger partial charge is 0.336 e. The average Bonchev–Trinajstić information content (AvgIpc) is 2.83. The summed E-state index contributed by atoms with van der Waals surface area (Å²) in [5.41, 5.74) is 0.999. The Hall–Kier alpha value is -5.05. The first-order valence-corrected chi connectivity index (χ1v) is 10.1. The van der Waals surface area contributed by atoms with Crippen LogP contribution in [0.1, 0.15) is 0 Å². The SMILES string of the molecule is O=c1ccc2ccc(-c3ccc4cc(Oc5ccc([N+](=O)[O-])cc5[N+](=O)[O-])ccc4c3)cc2o1. The van der Waals surface area contributed by atoms with Crippen LogP contribution in [0, 0.1) is 20.2 Å². The average molecular weight is 454 g/mol. The monoisotopic (exact) mass is 454 g/mol. The number of fused-ring (bicyclic) bond motifs is 2. The third-order valence-corrected chi connectivity index (χ3v) is 5.35. The van der Waals surface area contributed by atoms with Gasteiger partial charge >= 0.3 is 11.3 Å². The molecule has 0 saturated heterocycles. The lowest BCUT2D eigenvalue weighted by Crippen LogP contribution is -1.96. The van der Waals surface area contributed by atoms with E-state index >= 15 is 0 Å². The summed E-state index contributed by atoms with van der Waals surface area (Å²) >= 11 is 0. The number of nitro groups is 2. The minimum Gasteiger partial charge on any atom is -0.450 e. The Bertz CT molecular complexity index is 1670. The summed E-state index contributed by atoms with van der Waals surface area (Å²) in [5, 5.41) is 24.8. The van der Waals surface area contributed by atoms with Gasteiger partial charge in [-0.3, -0.25) is 20.2 Å². The van der Waals surface area contributed by atoms with Crippen molar-refractivity contribution in [1.82, 2.24) is 0 Å². The highest BCUT2D eigenvalue weighted by molar-refractivity contribution is 5.90. The molecule has 0 saturated carbocycles. The number of nitro benzene ring substituents is 2. The number of benzene rings is 4. The van der Waals surface area contributed by atoms with Crippen molar-refractivity contribution >= 4 is 33.1 Å². The summed E-state index contributed by atoms with van der Waals surface area (Å²) in [5.74, 6) is 0.258. The van der Waals surface area contributed by atoms with E-state index in [-0.39, 0.29) is 5.75 Å². The Labute approximate surface area is 190 Å². The first-order chi connectivity index (χ1) is 16.4. The molecule has 1 heterocycles. The third kappa shape index (κ3) is 3.93. The van der Waals surface area contributed by atoms with E-state index in [1.165, 1.54) is 12.1 Å². The van der Waals surface area contributed by atoms with Crippen LogP contribution in [0.15, 0.2) is 94.1 Å². The zero-order chi connectivity index (χ0) is 23.8. The highest BCUT2D eigenvalue weighted by Gasteiger charge is 2.21. The molecule has 0 atom stereocenters. The fourth-order valence-electron chi connectivity index (χ4n) is 3.68. The van der Waals surface area contributed by atoms with Gasteiger partial charge in [-0.15, -0.1) is 0 Å². The van der Waals surface area contributed by atoms with Crippen molar-refractivity contribution in [1.29, 1.82) is 0 Å². The zero-order valence-electron chi connectivity index (χ0n) is 17.3. The second kappa shape index (κ2) is 8.14. The molecule has 0 aliphatic rings. The fourth-order valence-corrected chi connectivity index (χ4v) is 3.68. The Morgan fingerprint density at radius 1 is 0.676 bits per heavy atom. The molecule has 166 valence electrons. The molecule has 1 aromatic heterocycles. The summed E-state index contributed by atoms with van der Waals surface area (Å²) < 4.78 is 11.0. The van der Waals surface area contributed by atoms with Crippen LogP contribution in [0.4, 0.5) is 11.4 Å². The molecule has 0 fully saturated rings. The van der Waals surface area contributed by atoms with E-state index in [9.17, 15) is 25.0 Å². The molecule has 0 N–H and O–H groups in total. The van der Waals surface area contributed by atoms with Gasteiger partial charge in [-0.05, 0) is 58.3 Å². The first-order valence-electron chi connectivity index (χ1n) is 10.1. The molecule has 0 aliphatic carbocycles. The van der Waals surface area contributed by atoms with Crippen LogP contribution >= 0.6 is 0 Å². The molecule has 0 amide bonds. The number of rotatable bonds is 5. The molecule has 34 heavy (non-hydrogen) atoms. The Kier molecular flexibility index (Phi) is 4.98. The molecule has 0 spiro atoms. The van der Waals surface area contributed by atoms with E-state index in [1.54, 1.807) is 18.2 Å². The van der Waals surface area contributed by atoms with E-state index < -0.39 is 26.8 Å². The lowest BCUT2D eigenvalue weighted by Gasteiger charge is -2.09. The van der Waals surface area contributed by atoms with Crippen LogP contribution in [-0.2, 0) is 0 Å². The van der Waals surface area contributed by atoms with Crippen LogP contribution in [-0.4, -0.2) is 9.85 Å². The molecule has 0 unspecified atom stereocenters. The number of nitrogens with zero attached hydrogens (tertiary/aromatic N) is 2. The molecule has 5 rings (SSSR count). The summed E-state index contributed by atoms with van der Waals surface area (Å²) in [6.45, 7) is 0. The van der Waals surface area contributed by atoms with Gasteiger partial charge in [0.15, 0.2) is 0 Å². The van der Waals surface area contributed by atoms with Gasteiger partial charge in [-0.1, -0.05) is 30.3 Å². The van der Waals surface area contributed by atoms with Gasteiger partial charge in [0, 0.05) is 17.5 Å². The zero-order valence-corrected chi connectivity index (χ0v) is 17.3. The van der Waals surface area contributed by atoms with E-state index in [1.807, 2.05) is 42.5 Å². The fraction of sp³-hybridized carbons (Fsp3) is 0. The second-order valence-electron chi connectivity index (χ2n) is 7.50. The standard InChI is InChI=1S/C25H14N2O7/c28-25-10-6-15-1-2-19(13-24(15)34-25)16-3-4-18-12-21(8-5-17(18)11-16)33-23-9-7-20(26(29)30)14-22(23)27(31)32/h1-14H. The van der Waals surface area contributed by atoms with E-state index in [2.05, 4.69) is 0 Å². The predicted molar refractivity (Wildman–Crippen MR) is 125 cm³/mol. The van der Waals surface area contributed by atoms with Gasteiger partial charge in [0.2, 0.25) is 5.75 Å². The van der Waals surface area contributed by atoms with Crippen LogP contribution in [0.25, 0.3) is 32.9 Å². The largest absolute Gasteiger partial charge is 0.450 e. The number of non-ortho nitro benzene ring substituents is 1. The molecular formula is C25H14N2O7. The highest BCUT2D eigenvalue weighted by Crippen LogP contribution is 2.36. The predicted octanol–water partition coefficient (Wildman–Crippen LogP) is 6.22. The van der Waals surface area contributed by atoms with Gasteiger partial charge in [0.1, 0.15) is 11.3 Å². The van der Waals surface area contributed by atoms with Crippen molar-refractivity contribution in [3.8, 4) is 22.6 Å². The maximum Gasteiger partial charge on any atom is 0.336 e. The summed E-state index contributed by atoms with van der Waals surface area (Å²) in [6.07, 6.45) is 0. The van der Waals surface area contributed by atoms with Gasteiger partial charge in [0.05, 0.1) is 15.9 Å². The Morgan fingerprint density at radius 2 is 1.35 bits per heavy atom. The van der Waals surface area contributed by atoms with Crippen molar-refractivity contribution in [2.45, 2.75) is 0 Å². The van der Waals surface area contributed by atoms with E-state index in [0.29, 0.717) is 11.3 Å². The Balaban J connectivity index is 1.48. The van der Waals surface area contributed by atoms with Crippen LogP contribution in [0.5, 0.6) is 11.5 Å². The first kappa shape index (κ1) is 20.8. The number of ether oxygens (including phenoxy) is 1. The number of hydrogen-bond donors (Lipinski definition) is 0. The normalized spacial score (nSPS) is 10.9. The molecule has 0 aliphatic heterocycles. The molecule has 0 radical (unpaired) electrons. The van der Waals surface area contributed by atoms with E-state index in [4.69, 9.17) is 9.15 Å². The van der Waals surface area contributed by atoms with Crippen LogP contribution in [0.2, 0.25) is 0 Å². The maximum absolute atomic E-state index is 11.5. The van der Waals surface area contributed by atoms with Crippen molar-refractivity contribution in [2.24, 2.45) is 0 Å². The molecule has 4 aromatic carbocycles. The molecule has 0 bridgehead atoms. The van der Waals surface area contributed by atoms with Gasteiger partial charge < -0.3 is 9.15 Å². The number of hydrogen-bond acceptors (Lipinski definition) is 7. The quantitative estimate of drug-likeness (QED) is 0.175. The van der Waals surface area contributed by atoms with Crippen molar-refractivity contribution in [3.63, 3.8) is 0 Å². The Morgan fingerprint density at radius 3 is 2.12 bits per heavy atom. The van der Waals surface area contributed by atoms with Crippen molar-refractivity contribution in [3.05, 3.63) is 116 Å². The lowest BCUT2D eigenvalue weighted by atomic mass is 10.0. The molecule has 5 aromatic rings. The van der Waals surface area contributed by atoms with E-state index in [0.717, 1.165) is 39.4 Å². The van der Waals surface area contributed by atoms with Gasteiger partial charge in [-0.25, -0.2) is 4.79 Å². The highest BCUT2D eigenvalue weighted by atomic mass is 16.6. The molecule has 9 heteroatoms. The van der Waals surface area contributed by atoms with Crippen LogP contribution in [0.3, 0.4) is 0 Å². The van der Waals surface area contributed by atoms with Crippen LogP contribution < -0.4 is 10.4 Å². The van der Waals surface area contributed by atoms with Gasteiger partial charge in [0.25, 0.3) is 5.69 Å². The minimum absolute atomic E-state index is 0.0933. The minimum atomic E-state index is -0.721. The summed E-state index contributed by atoms with van der Waals surface area (Å²) in [4.78, 5) is 32.4. The summed E-state index contributed by atoms with van der Waals surface area (Å²) in [6, 6.07) is 22.9.